The fourth-order valence-electron chi connectivity index (χ4n) is 2.80. The van der Waals surface area contributed by atoms with Crippen LogP contribution in [0, 0.1) is 6.92 Å². The predicted molar refractivity (Wildman–Crippen MR) is 87.3 cm³/mol. The molecule has 0 radical (unpaired) electrons. The highest BCUT2D eigenvalue weighted by Gasteiger charge is 2.17. The number of nitrogen functional groups attached to an aromatic ring is 1. The minimum Gasteiger partial charge on any atom is -0.384 e. The molecule has 0 unspecified atom stereocenters. The molecule has 0 atom stereocenters. The molecule has 2 N–H and O–H groups in total. The summed E-state index contributed by atoms with van der Waals surface area (Å²) in [7, 11) is 0. The molecule has 2 aromatic rings. The first-order valence-corrected chi connectivity index (χ1v) is 7.46. The van der Waals surface area contributed by atoms with Crippen LogP contribution in [-0.2, 0) is 6.54 Å². The lowest BCUT2D eigenvalue weighted by atomic mass is 10.2. The zero-order valence-corrected chi connectivity index (χ0v) is 12.5. The minimum absolute atomic E-state index is 0.603. The summed E-state index contributed by atoms with van der Waals surface area (Å²) < 4.78 is 0. The van der Waals surface area contributed by atoms with Crippen molar-refractivity contribution in [1.82, 2.24) is 9.88 Å². The molecular formula is C17H22N4. The molecule has 4 heteroatoms. The third-order valence-corrected chi connectivity index (χ3v) is 3.95. The largest absolute Gasteiger partial charge is 0.384 e. The summed E-state index contributed by atoms with van der Waals surface area (Å²) in [5.74, 6) is 0.603. The average molecular weight is 282 g/mol. The van der Waals surface area contributed by atoms with Gasteiger partial charge in [-0.1, -0.05) is 18.2 Å². The van der Waals surface area contributed by atoms with Gasteiger partial charge in [0.05, 0.1) is 5.69 Å². The predicted octanol–water partition coefficient (Wildman–Crippen LogP) is 2.29. The number of hydrogen-bond donors (Lipinski definition) is 1. The van der Waals surface area contributed by atoms with Gasteiger partial charge in [-0.05, 0) is 36.8 Å². The van der Waals surface area contributed by atoms with Crippen molar-refractivity contribution in [3.8, 4) is 0 Å². The van der Waals surface area contributed by atoms with Crippen molar-refractivity contribution in [2.24, 2.45) is 0 Å². The molecule has 0 bridgehead atoms. The summed E-state index contributed by atoms with van der Waals surface area (Å²) in [6.07, 6.45) is 0. The van der Waals surface area contributed by atoms with E-state index in [1.54, 1.807) is 0 Å². The van der Waals surface area contributed by atoms with Crippen molar-refractivity contribution in [2.75, 3.05) is 36.8 Å². The van der Waals surface area contributed by atoms with Gasteiger partial charge in [-0.15, -0.1) is 0 Å². The van der Waals surface area contributed by atoms with Crippen LogP contribution in [-0.4, -0.2) is 36.1 Å². The Morgan fingerprint density at radius 3 is 2.52 bits per heavy atom. The lowest BCUT2D eigenvalue weighted by molar-refractivity contribution is 0.247. The first-order chi connectivity index (χ1) is 10.2. The number of aryl methyl sites for hydroxylation is 1. The van der Waals surface area contributed by atoms with Crippen molar-refractivity contribution in [3.05, 3.63) is 53.7 Å². The number of aromatic nitrogens is 1. The van der Waals surface area contributed by atoms with Crippen LogP contribution in [0.1, 0.15) is 11.3 Å². The highest BCUT2D eigenvalue weighted by molar-refractivity contribution is 5.48. The number of hydrogen-bond acceptors (Lipinski definition) is 4. The van der Waals surface area contributed by atoms with Crippen LogP contribution in [0.3, 0.4) is 0 Å². The monoisotopic (exact) mass is 282 g/mol. The van der Waals surface area contributed by atoms with Crippen molar-refractivity contribution >= 4 is 11.5 Å². The number of piperazine rings is 1. The number of nitrogens with zero attached hydrogens (tertiary/aromatic N) is 3. The van der Waals surface area contributed by atoms with Gasteiger partial charge in [0.15, 0.2) is 0 Å². The van der Waals surface area contributed by atoms with Gasteiger partial charge in [-0.3, -0.25) is 4.90 Å². The molecule has 0 amide bonds. The standard InChI is InChI=1S/C17H22N4/c1-14-4-2-6-16(12-14)21-10-8-20(9-11-21)13-15-5-3-7-17(18)19-15/h2-7,12H,8-11,13H2,1H3,(H2,18,19). The van der Waals surface area contributed by atoms with Crippen LogP contribution in [0.2, 0.25) is 0 Å². The molecule has 2 heterocycles. The Kier molecular flexibility index (Phi) is 4.06. The summed E-state index contributed by atoms with van der Waals surface area (Å²) in [6, 6.07) is 14.6. The SMILES string of the molecule is Cc1cccc(N2CCN(Cc3cccc(N)n3)CC2)c1. The fourth-order valence-corrected chi connectivity index (χ4v) is 2.80. The van der Waals surface area contributed by atoms with E-state index in [1.165, 1.54) is 11.3 Å². The van der Waals surface area contributed by atoms with Gasteiger partial charge in [0.2, 0.25) is 0 Å². The van der Waals surface area contributed by atoms with Crippen LogP contribution in [0.15, 0.2) is 42.5 Å². The maximum atomic E-state index is 5.74. The Morgan fingerprint density at radius 1 is 1.05 bits per heavy atom. The van der Waals surface area contributed by atoms with Gasteiger partial charge in [0.25, 0.3) is 0 Å². The Hall–Kier alpha value is -2.07. The second kappa shape index (κ2) is 6.14. The average Bonchev–Trinajstić information content (AvgIpc) is 2.48. The van der Waals surface area contributed by atoms with E-state index >= 15 is 0 Å². The molecule has 3 rings (SSSR count). The molecule has 1 fully saturated rings. The van der Waals surface area contributed by atoms with E-state index < -0.39 is 0 Å². The van der Waals surface area contributed by atoms with Crippen molar-refractivity contribution < 1.29 is 0 Å². The minimum atomic E-state index is 0.603. The smallest absolute Gasteiger partial charge is 0.123 e. The molecule has 1 aromatic heterocycles. The first-order valence-electron chi connectivity index (χ1n) is 7.46. The molecular weight excluding hydrogens is 260 g/mol. The molecule has 1 aromatic carbocycles. The Balaban J connectivity index is 1.58. The summed E-state index contributed by atoms with van der Waals surface area (Å²) in [5, 5.41) is 0. The number of anilines is 2. The fraction of sp³-hybridized carbons (Fsp3) is 0.353. The van der Waals surface area contributed by atoms with Gasteiger partial charge in [0, 0.05) is 38.4 Å². The summed E-state index contributed by atoms with van der Waals surface area (Å²) in [6.45, 7) is 7.27. The van der Waals surface area contributed by atoms with Gasteiger partial charge in [0.1, 0.15) is 5.82 Å². The third-order valence-electron chi connectivity index (χ3n) is 3.95. The quantitative estimate of drug-likeness (QED) is 0.938. The van der Waals surface area contributed by atoms with Crippen LogP contribution < -0.4 is 10.6 Å². The van der Waals surface area contributed by atoms with E-state index in [0.717, 1.165) is 38.4 Å². The van der Waals surface area contributed by atoms with Gasteiger partial charge < -0.3 is 10.6 Å². The van der Waals surface area contributed by atoms with Crippen LogP contribution in [0.4, 0.5) is 11.5 Å². The highest BCUT2D eigenvalue weighted by atomic mass is 15.3. The first kappa shape index (κ1) is 13.9. The van der Waals surface area contributed by atoms with Crippen molar-refractivity contribution in [3.63, 3.8) is 0 Å². The van der Waals surface area contributed by atoms with Crippen LogP contribution in [0.25, 0.3) is 0 Å². The van der Waals surface area contributed by atoms with E-state index in [2.05, 4.69) is 46.0 Å². The van der Waals surface area contributed by atoms with Gasteiger partial charge in [-0.2, -0.15) is 0 Å². The third kappa shape index (κ3) is 3.52. The molecule has 0 aliphatic carbocycles. The van der Waals surface area contributed by atoms with E-state index in [-0.39, 0.29) is 0 Å². The Morgan fingerprint density at radius 2 is 1.81 bits per heavy atom. The number of rotatable bonds is 3. The molecule has 4 nitrogen and oxygen atoms in total. The molecule has 1 aliphatic rings. The zero-order valence-electron chi connectivity index (χ0n) is 12.5. The van der Waals surface area contributed by atoms with Crippen molar-refractivity contribution in [1.29, 1.82) is 0 Å². The molecule has 1 aliphatic heterocycles. The summed E-state index contributed by atoms with van der Waals surface area (Å²) >= 11 is 0. The van der Waals surface area contributed by atoms with E-state index in [4.69, 9.17) is 5.73 Å². The van der Waals surface area contributed by atoms with E-state index in [0.29, 0.717) is 5.82 Å². The Bertz CT molecular complexity index is 603. The van der Waals surface area contributed by atoms with Crippen LogP contribution >= 0.6 is 0 Å². The molecule has 21 heavy (non-hydrogen) atoms. The topological polar surface area (TPSA) is 45.4 Å². The second-order valence-corrected chi connectivity index (χ2v) is 5.66. The Labute approximate surface area is 126 Å². The normalized spacial score (nSPS) is 16.1. The molecule has 110 valence electrons. The number of pyridine rings is 1. The van der Waals surface area contributed by atoms with Crippen molar-refractivity contribution in [2.45, 2.75) is 13.5 Å². The van der Waals surface area contributed by atoms with E-state index in [1.807, 2.05) is 18.2 Å². The van der Waals surface area contributed by atoms with Gasteiger partial charge >= 0.3 is 0 Å². The maximum Gasteiger partial charge on any atom is 0.123 e. The maximum absolute atomic E-state index is 5.74. The molecule has 1 saturated heterocycles. The number of benzene rings is 1. The van der Waals surface area contributed by atoms with Gasteiger partial charge in [-0.25, -0.2) is 4.98 Å². The highest BCUT2D eigenvalue weighted by Crippen LogP contribution is 2.18. The summed E-state index contributed by atoms with van der Waals surface area (Å²) in [4.78, 5) is 9.27. The zero-order chi connectivity index (χ0) is 14.7. The lowest BCUT2D eigenvalue weighted by Crippen LogP contribution is -2.46. The number of nitrogens with two attached hydrogens (primary N) is 1. The van der Waals surface area contributed by atoms with Crippen LogP contribution in [0.5, 0.6) is 0 Å². The lowest BCUT2D eigenvalue weighted by Gasteiger charge is -2.36. The van der Waals surface area contributed by atoms with E-state index in [9.17, 15) is 0 Å². The molecule has 0 spiro atoms. The second-order valence-electron chi connectivity index (χ2n) is 5.66. The molecule has 0 saturated carbocycles. The summed E-state index contributed by atoms with van der Waals surface area (Å²) in [5.41, 5.74) is 9.44.